The standard InChI is InChI=1S/C16H29N3O4/c1-5-6-7-13(10-20)19-15(22)9-17-16(23)14(8-11(2)3)18-12(4)21/h10-11,13-14H,5-9H2,1-4H3,(H,17,23)(H,18,21)(H,19,22)/t13-,14-/m0/s1. The second-order valence-corrected chi connectivity index (χ2v) is 6.05. The molecule has 0 saturated carbocycles. The van der Waals surface area contributed by atoms with Gasteiger partial charge in [0.05, 0.1) is 12.6 Å². The van der Waals surface area contributed by atoms with Crippen LogP contribution in [0, 0.1) is 5.92 Å². The Labute approximate surface area is 138 Å². The number of carbonyl (C=O) groups is 4. The number of carbonyl (C=O) groups excluding carboxylic acids is 4. The zero-order valence-corrected chi connectivity index (χ0v) is 14.5. The first-order valence-corrected chi connectivity index (χ1v) is 8.09. The molecule has 0 unspecified atom stereocenters. The second kappa shape index (κ2) is 11.6. The number of hydrogen-bond acceptors (Lipinski definition) is 4. The summed E-state index contributed by atoms with van der Waals surface area (Å²) in [6.07, 6.45) is 3.55. The van der Waals surface area contributed by atoms with Gasteiger partial charge in [-0.2, -0.15) is 0 Å². The Bertz CT molecular complexity index is 410. The van der Waals surface area contributed by atoms with Crippen LogP contribution in [0.1, 0.15) is 53.4 Å². The van der Waals surface area contributed by atoms with Crippen LogP contribution in [0.25, 0.3) is 0 Å². The van der Waals surface area contributed by atoms with Crippen molar-refractivity contribution in [1.29, 1.82) is 0 Å². The smallest absolute Gasteiger partial charge is 0.243 e. The van der Waals surface area contributed by atoms with Crippen molar-refractivity contribution in [3.05, 3.63) is 0 Å². The molecule has 7 heteroatoms. The fraction of sp³-hybridized carbons (Fsp3) is 0.750. The van der Waals surface area contributed by atoms with Gasteiger partial charge in [0.15, 0.2) is 0 Å². The van der Waals surface area contributed by atoms with Gasteiger partial charge in [-0.3, -0.25) is 14.4 Å². The highest BCUT2D eigenvalue weighted by molar-refractivity contribution is 5.90. The summed E-state index contributed by atoms with van der Waals surface area (Å²) in [5.74, 6) is -0.895. The van der Waals surface area contributed by atoms with Crippen LogP contribution in [-0.4, -0.2) is 42.6 Å². The minimum Gasteiger partial charge on any atom is -0.345 e. The molecule has 0 saturated heterocycles. The molecule has 2 atom stereocenters. The summed E-state index contributed by atoms with van der Waals surface area (Å²) in [5, 5.41) is 7.64. The Morgan fingerprint density at radius 2 is 1.78 bits per heavy atom. The number of aldehydes is 1. The van der Waals surface area contributed by atoms with Crippen molar-refractivity contribution in [1.82, 2.24) is 16.0 Å². The van der Waals surface area contributed by atoms with Crippen LogP contribution in [0.15, 0.2) is 0 Å². The average molecular weight is 327 g/mol. The lowest BCUT2D eigenvalue weighted by atomic mass is 10.0. The van der Waals surface area contributed by atoms with Crippen LogP contribution >= 0.6 is 0 Å². The van der Waals surface area contributed by atoms with E-state index in [1.54, 1.807) is 0 Å². The number of nitrogens with one attached hydrogen (secondary N) is 3. The van der Waals surface area contributed by atoms with Crippen molar-refractivity contribution < 1.29 is 19.2 Å². The SMILES string of the molecule is CCCC[C@@H](C=O)NC(=O)CNC(=O)[C@H](CC(C)C)NC(C)=O. The highest BCUT2D eigenvalue weighted by Gasteiger charge is 2.21. The maximum Gasteiger partial charge on any atom is 0.243 e. The van der Waals surface area contributed by atoms with E-state index in [4.69, 9.17) is 0 Å². The third-order valence-corrected chi connectivity index (χ3v) is 3.20. The van der Waals surface area contributed by atoms with Crippen LogP contribution in [0.2, 0.25) is 0 Å². The van der Waals surface area contributed by atoms with Gasteiger partial charge in [0.25, 0.3) is 0 Å². The fourth-order valence-corrected chi connectivity index (χ4v) is 2.09. The molecule has 0 bridgehead atoms. The summed E-state index contributed by atoms with van der Waals surface area (Å²) < 4.78 is 0. The molecule has 0 aromatic heterocycles. The highest BCUT2D eigenvalue weighted by Crippen LogP contribution is 2.05. The van der Waals surface area contributed by atoms with Gasteiger partial charge in [-0.15, -0.1) is 0 Å². The lowest BCUT2D eigenvalue weighted by Crippen LogP contribution is -2.50. The molecule has 0 radical (unpaired) electrons. The van der Waals surface area contributed by atoms with Gasteiger partial charge in [-0.25, -0.2) is 0 Å². The maximum atomic E-state index is 12.1. The number of amides is 3. The van der Waals surface area contributed by atoms with E-state index in [0.717, 1.165) is 12.8 Å². The Balaban J connectivity index is 4.38. The van der Waals surface area contributed by atoms with Crippen molar-refractivity contribution in [3.8, 4) is 0 Å². The first-order valence-electron chi connectivity index (χ1n) is 8.09. The molecule has 0 aliphatic carbocycles. The molecule has 23 heavy (non-hydrogen) atoms. The van der Waals surface area contributed by atoms with Gasteiger partial charge >= 0.3 is 0 Å². The van der Waals surface area contributed by atoms with Crippen LogP contribution in [0.3, 0.4) is 0 Å². The number of unbranched alkanes of at least 4 members (excludes halogenated alkanes) is 1. The topological polar surface area (TPSA) is 104 Å². The van der Waals surface area contributed by atoms with Crippen LogP contribution in [-0.2, 0) is 19.2 Å². The zero-order valence-electron chi connectivity index (χ0n) is 14.5. The molecule has 0 aromatic carbocycles. The molecule has 132 valence electrons. The highest BCUT2D eigenvalue weighted by atomic mass is 16.2. The molecule has 0 spiro atoms. The quantitative estimate of drug-likeness (QED) is 0.481. The van der Waals surface area contributed by atoms with Crippen molar-refractivity contribution in [3.63, 3.8) is 0 Å². The average Bonchev–Trinajstić information content (AvgIpc) is 2.47. The van der Waals surface area contributed by atoms with E-state index in [9.17, 15) is 19.2 Å². The molecular weight excluding hydrogens is 298 g/mol. The van der Waals surface area contributed by atoms with E-state index < -0.39 is 23.9 Å². The Kier molecular flexibility index (Phi) is 10.7. The molecule has 0 aromatic rings. The van der Waals surface area contributed by atoms with E-state index in [1.165, 1.54) is 6.92 Å². The summed E-state index contributed by atoms with van der Waals surface area (Å²) in [4.78, 5) is 45.9. The van der Waals surface area contributed by atoms with Crippen molar-refractivity contribution in [2.75, 3.05) is 6.54 Å². The summed E-state index contributed by atoms with van der Waals surface area (Å²) in [7, 11) is 0. The van der Waals surface area contributed by atoms with Gasteiger partial charge in [0.1, 0.15) is 12.3 Å². The molecule has 3 amide bonds. The summed E-state index contributed by atoms with van der Waals surface area (Å²) >= 11 is 0. The van der Waals surface area contributed by atoms with Crippen molar-refractivity contribution in [2.45, 2.75) is 65.5 Å². The van der Waals surface area contributed by atoms with Crippen LogP contribution in [0.4, 0.5) is 0 Å². The van der Waals surface area contributed by atoms with Crippen molar-refractivity contribution >= 4 is 24.0 Å². The number of rotatable bonds is 11. The zero-order chi connectivity index (χ0) is 17.8. The van der Waals surface area contributed by atoms with Crippen LogP contribution < -0.4 is 16.0 Å². The minimum atomic E-state index is -0.665. The second-order valence-electron chi connectivity index (χ2n) is 6.05. The number of hydrogen-bond donors (Lipinski definition) is 3. The van der Waals surface area contributed by atoms with E-state index in [0.29, 0.717) is 19.1 Å². The molecule has 0 rings (SSSR count). The minimum absolute atomic E-state index is 0.219. The maximum absolute atomic E-state index is 12.1. The predicted octanol–water partition coefficient (Wildman–Crippen LogP) is 0.527. The van der Waals surface area contributed by atoms with Gasteiger partial charge in [-0.1, -0.05) is 33.6 Å². The molecule has 0 aliphatic heterocycles. The largest absolute Gasteiger partial charge is 0.345 e. The normalized spacial score (nSPS) is 13.1. The van der Waals surface area contributed by atoms with E-state index in [2.05, 4.69) is 16.0 Å². The first kappa shape index (κ1) is 21.1. The van der Waals surface area contributed by atoms with Crippen molar-refractivity contribution in [2.24, 2.45) is 5.92 Å². The van der Waals surface area contributed by atoms with Gasteiger partial charge in [0, 0.05) is 6.92 Å². The summed E-state index contributed by atoms with van der Waals surface area (Å²) in [6.45, 7) is 7.01. The summed E-state index contributed by atoms with van der Waals surface area (Å²) in [6, 6.07) is -1.19. The Morgan fingerprint density at radius 1 is 1.13 bits per heavy atom. The third-order valence-electron chi connectivity index (χ3n) is 3.20. The summed E-state index contributed by atoms with van der Waals surface area (Å²) in [5.41, 5.74) is 0. The van der Waals surface area contributed by atoms with Crippen LogP contribution in [0.5, 0.6) is 0 Å². The fourth-order valence-electron chi connectivity index (χ4n) is 2.09. The molecule has 0 heterocycles. The third kappa shape index (κ3) is 10.4. The monoisotopic (exact) mass is 327 g/mol. The molecule has 7 nitrogen and oxygen atoms in total. The predicted molar refractivity (Wildman–Crippen MR) is 87.6 cm³/mol. The van der Waals surface area contributed by atoms with E-state index >= 15 is 0 Å². The molecule has 3 N–H and O–H groups in total. The Morgan fingerprint density at radius 3 is 2.26 bits per heavy atom. The lowest BCUT2D eigenvalue weighted by molar-refractivity contribution is -0.130. The molecule has 0 aliphatic rings. The van der Waals surface area contributed by atoms with E-state index in [1.807, 2.05) is 20.8 Å². The molecule has 0 fully saturated rings. The van der Waals surface area contributed by atoms with Gasteiger partial charge < -0.3 is 20.7 Å². The van der Waals surface area contributed by atoms with Gasteiger partial charge in [-0.05, 0) is 18.8 Å². The first-order chi connectivity index (χ1) is 10.8. The lowest BCUT2D eigenvalue weighted by Gasteiger charge is -2.19. The molecular formula is C16H29N3O4. The van der Waals surface area contributed by atoms with Gasteiger partial charge in [0.2, 0.25) is 17.7 Å². The Hall–Kier alpha value is -1.92. The van der Waals surface area contributed by atoms with E-state index in [-0.39, 0.29) is 18.4 Å².